The molecule has 122 valence electrons. The molecule has 2 heterocycles. The zero-order valence-electron chi connectivity index (χ0n) is 12.7. The summed E-state index contributed by atoms with van der Waals surface area (Å²) in [5.41, 5.74) is 7.04. The van der Waals surface area contributed by atoms with E-state index in [0.717, 1.165) is 30.7 Å². The molecule has 0 aliphatic carbocycles. The van der Waals surface area contributed by atoms with E-state index in [2.05, 4.69) is 4.90 Å². The maximum atomic E-state index is 12.0. The maximum absolute atomic E-state index is 12.0. The van der Waals surface area contributed by atoms with Crippen molar-refractivity contribution in [2.45, 2.75) is 25.7 Å². The molecule has 7 heteroatoms. The van der Waals surface area contributed by atoms with Gasteiger partial charge in [0.25, 0.3) is 0 Å². The molecule has 0 aromatic heterocycles. The number of aliphatic carboxylic acids is 1. The van der Waals surface area contributed by atoms with Gasteiger partial charge in [-0.25, -0.2) is 8.42 Å². The summed E-state index contributed by atoms with van der Waals surface area (Å²) < 4.78 is 24.0. The van der Waals surface area contributed by atoms with Crippen LogP contribution in [0.5, 0.6) is 0 Å². The topological polar surface area (TPSA) is 101 Å². The molecule has 0 spiro atoms. The molecule has 1 unspecified atom stereocenters. The van der Waals surface area contributed by atoms with E-state index in [-0.39, 0.29) is 18.8 Å². The fourth-order valence-corrected chi connectivity index (χ4v) is 4.15. The van der Waals surface area contributed by atoms with Crippen LogP contribution in [0.4, 0.5) is 0 Å². The zero-order valence-corrected chi connectivity index (χ0v) is 13.5. The summed E-state index contributed by atoms with van der Waals surface area (Å²) in [6, 6.07) is 0. The number of carbonyl (C=O) groups is 1. The number of rotatable bonds is 5. The lowest BCUT2D eigenvalue weighted by atomic mass is 9.92. The van der Waals surface area contributed by atoms with Crippen LogP contribution in [0.1, 0.15) is 25.7 Å². The Morgan fingerprint density at radius 1 is 1.55 bits per heavy atom. The fraction of sp³-hybridized carbons (Fsp3) is 0.533. The van der Waals surface area contributed by atoms with Crippen molar-refractivity contribution in [3.63, 3.8) is 0 Å². The van der Waals surface area contributed by atoms with Crippen LogP contribution in [0.25, 0.3) is 0 Å². The van der Waals surface area contributed by atoms with Crippen LogP contribution in [0.2, 0.25) is 0 Å². The second kappa shape index (κ2) is 6.56. The highest BCUT2D eigenvalue weighted by Crippen LogP contribution is 2.37. The Labute approximate surface area is 130 Å². The first-order valence-electron chi connectivity index (χ1n) is 7.30. The third-order valence-corrected chi connectivity index (χ3v) is 5.44. The average molecular weight is 326 g/mol. The molecule has 2 aliphatic rings. The first-order valence-corrected chi connectivity index (χ1v) is 9.19. The highest BCUT2D eigenvalue weighted by molar-refractivity contribution is 7.94. The van der Waals surface area contributed by atoms with Crippen molar-refractivity contribution in [3.05, 3.63) is 34.5 Å². The van der Waals surface area contributed by atoms with Gasteiger partial charge in [0.15, 0.2) is 9.84 Å². The quantitative estimate of drug-likeness (QED) is 0.788. The second-order valence-corrected chi connectivity index (χ2v) is 7.82. The Balaban J connectivity index is 2.38. The van der Waals surface area contributed by atoms with E-state index in [9.17, 15) is 13.2 Å². The van der Waals surface area contributed by atoms with Crippen molar-refractivity contribution < 1.29 is 18.3 Å². The Bertz CT molecular complexity index is 646. The van der Waals surface area contributed by atoms with Crippen molar-refractivity contribution in [1.82, 2.24) is 4.90 Å². The fourth-order valence-electron chi connectivity index (χ4n) is 3.15. The molecule has 0 saturated carbocycles. The van der Waals surface area contributed by atoms with Gasteiger partial charge in [-0.3, -0.25) is 4.79 Å². The molecule has 0 amide bonds. The molecule has 0 bridgehead atoms. The maximum Gasteiger partial charge on any atom is 0.304 e. The summed E-state index contributed by atoms with van der Waals surface area (Å²) in [5, 5.41) is 9.03. The minimum atomic E-state index is -3.32. The monoisotopic (exact) mass is 326 g/mol. The highest BCUT2D eigenvalue weighted by Gasteiger charge is 2.32. The summed E-state index contributed by atoms with van der Waals surface area (Å²) in [7, 11) is -3.32. The summed E-state index contributed by atoms with van der Waals surface area (Å²) >= 11 is 0. The lowest BCUT2D eigenvalue weighted by Gasteiger charge is -2.32. The summed E-state index contributed by atoms with van der Waals surface area (Å²) in [6.45, 7) is 1.38. The lowest BCUT2D eigenvalue weighted by Crippen LogP contribution is -2.31. The van der Waals surface area contributed by atoms with Crippen LogP contribution in [-0.4, -0.2) is 43.7 Å². The Kier molecular flexibility index (Phi) is 4.95. The van der Waals surface area contributed by atoms with Gasteiger partial charge in [0.05, 0.1) is 11.3 Å². The van der Waals surface area contributed by atoms with Gasteiger partial charge in [-0.15, -0.1) is 0 Å². The number of nitrogens with zero attached hydrogens (tertiary/aromatic N) is 1. The molecule has 22 heavy (non-hydrogen) atoms. The molecular weight excluding hydrogens is 304 g/mol. The van der Waals surface area contributed by atoms with Crippen LogP contribution in [0.3, 0.4) is 0 Å². The molecule has 3 N–H and O–H groups in total. The SMILES string of the molecule is CS(=O)(=O)/C(C/C=C\N)=C1\C=C2C(CC(=O)O)CCCN2C1. The molecule has 1 fully saturated rings. The molecule has 0 aromatic rings. The predicted molar refractivity (Wildman–Crippen MR) is 84.4 cm³/mol. The number of fused-ring (bicyclic) bond motifs is 1. The van der Waals surface area contributed by atoms with Crippen LogP contribution >= 0.6 is 0 Å². The minimum absolute atomic E-state index is 0.0328. The van der Waals surface area contributed by atoms with Gasteiger partial charge in [0.2, 0.25) is 0 Å². The van der Waals surface area contributed by atoms with E-state index in [1.807, 2.05) is 6.08 Å². The predicted octanol–water partition coefficient (Wildman–Crippen LogP) is 1.23. The standard InChI is InChI=1S/C15H22N2O4S/c1-22(20,21)14(5-2-6-16)12-8-13-11(9-15(18)19)4-3-7-17(13)10-12/h2,6,8,11H,3-5,7,9-10,16H2,1H3,(H,18,19)/b6-2-,14-12+. The number of hydrogen-bond acceptors (Lipinski definition) is 5. The lowest BCUT2D eigenvalue weighted by molar-refractivity contribution is -0.138. The smallest absolute Gasteiger partial charge is 0.304 e. The van der Waals surface area contributed by atoms with Crippen molar-refractivity contribution >= 4 is 15.8 Å². The molecule has 2 rings (SSSR count). The van der Waals surface area contributed by atoms with Crippen molar-refractivity contribution in [1.29, 1.82) is 0 Å². The van der Waals surface area contributed by atoms with Gasteiger partial charge in [-0.2, -0.15) is 0 Å². The van der Waals surface area contributed by atoms with Crippen LogP contribution < -0.4 is 5.73 Å². The highest BCUT2D eigenvalue weighted by atomic mass is 32.2. The molecule has 1 atom stereocenters. The van der Waals surface area contributed by atoms with Crippen molar-refractivity contribution in [3.8, 4) is 0 Å². The van der Waals surface area contributed by atoms with Crippen molar-refractivity contribution in [2.75, 3.05) is 19.3 Å². The van der Waals surface area contributed by atoms with Gasteiger partial charge in [0.1, 0.15) is 0 Å². The number of piperidine rings is 1. The van der Waals surface area contributed by atoms with Gasteiger partial charge < -0.3 is 15.7 Å². The van der Waals surface area contributed by atoms with E-state index in [4.69, 9.17) is 10.8 Å². The number of carboxylic acids is 1. The second-order valence-electron chi connectivity index (χ2n) is 5.78. The zero-order chi connectivity index (χ0) is 16.3. The first kappa shape index (κ1) is 16.6. The molecule has 1 saturated heterocycles. The van der Waals surface area contributed by atoms with Gasteiger partial charge in [-0.05, 0) is 30.7 Å². The summed E-state index contributed by atoms with van der Waals surface area (Å²) in [5.74, 6) is -0.853. The summed E-state index contributed by atoms with van der Waals surface area (Å²) in [6.07, 6.45) is 8.15. The van der Waals surface area contributed by atoms with Gasteiger partial charge in [-0.1, -0.05) is 6.08 Å². The summed E-state index contributed by atoms with van der Waals surface area (Å²) in [4.78, 5) is 13.5. The Morgan fingerprint density at radius 3 is 2.86 bits per heavy atom. The number of nitrogens with two attached hydrogens (primary N) is 1. The largest absolute Gasteiger partial charge is 0.481 e. The van der Waals surface area contributed by atoms with Gasteiger partial charge in [0, 0.05) is 37.4 Å². The number of sulfone groups is 1. The third-order valence-electron chi connectivity index (χ3n) is 4.11. The van der Waals surface area contributed by atoms with E-state index in [1.54, 1.807) is 6.08 Å². The number of hydrogen-bond donors (Lipinski definition) is 2. The van der Waals surface area contributed by atoms with E-state index in [0.29, 0.717) is 11.4 Å². The molecule has 6 nitrogen and oxygen atoms in total. The van der Waals surface area contributed by atoms with Gasteiger partial charge >= 0.3 is 5.97 Å². The van der Waals surface area contributed by atoms with Crippen LogP contribution in [0, 0.1) is 5.92 Å². The van der Waals surface area contributed by atoms with Crippen molar-refractivity contribution in [2.24, 2.45) is 11.7 Å². The Hall–Kier alpha value is -1.76. The average Bonchev–Trinajstić information content (AvgIpc) is 2.81. The number of allylic oxidation sites excluding steroid dienone is 3. The van der Waals surface area contributed by atoms with E-state index >= 15 is 0 Å². The Morgan fingerprint density at radius 2 is 2.27 bits per heavy atom. The minimum Gasteiger partial charge on any atom is -0.481 e. The molecule has 0 aromatic carbocycles. The third kappa shape index (κ3) is 3.71. The normalized spacial score (nSPS) is 24.3. The molecule has 2 aliphatic heterocycles. The molecular formula is C15H22N2O4S. The van der Waals surface area contributed by atoms with E-state index < -0.39 is 15.8 Å². The van der Waals surface area contributed by atoms with E-state index in [1.165, 1.54) is 12.5 Å². The van der Waals surface area contributed by atoms with Crippen LogP contribution in [-0.2, 0) is 14.6 Å². The number of carboxylic acid groups (broad SMARTS) is 1. The van der Waals surface area contributed by atoms with Crippen LogP contribution in [0.15, 0.2) is 34.5 Å². The molecule has 0 radical (unpaired) electrons. The first-order chi connectivity index (χ1) is 10.3.